The maximum Gasteiger partial charge on any atom is 0.229 e. The Hall–Kier alpha value is -2.66. The highest BCUT2D eigenvalue weighted by molar-refractivity contribution is 7.17. The van der Waals surface area contributed by atoms with Crippen molar-refractivity contribution in [1.29, 1.82) is 0 Å². The van der Waals surface area contributed by atoms with Crippen molar-refractivity contribution in [1.82, 2.24) is 0 Å². The zero-order chi connectivity index (χ0) is 17.4. The second-order valence-corrected chi connectivity index (χ2v) is 7.32. The molecule has 3 aromatic rings. The lowest BCUT2D eigenvalue weighted by atomic mass is 10.0. The fraction of sp³-hybridized carbons (Fsp3) is 0.200. The Morgan fingerprint density at radius 2 is 1.88 bits per heavy atom. The zero-order valence-electron chi connectivity index (χ0n) is 13.5. The van der Waals surface area contributed by atoms with E-state index in [0.29, 0.717) is 5.00 Å². The molecule has 1 heterocycles. The molecule has 0 unspecified atom stereocenters. The maximum absolute atomic E-state index is 12.5. The van der Waals surface area contributed by atoms with Crippen LogP contribution < -0.4 is 10.4 Å². The first-order valence-corrected chi connectivity index (χ1v) is 9.07. The summed E-state index contributed by atoms with van der Waals surface area (Å²) in [5.74, 6) is -1.42. The van der Waals surface area contributed by atoms with E-state index in [9.17, 15) is 14.7 Å². The number of rotatable bonds is 4. The number of fused-ring (bicyclic) bond motifs is 2. The number of carboxylic acid groups (broad SMARTS) is 1. The first kappa shape index (κ1) is 15.8. The molecule has 0 fully saturated rings. The molecule has 1 N–H and O–H groups in total. The molecule has 1 aliphatic carbocycles. The molecule has 1 aliphatic rings. The predicted molar refractivity (Wildman–Crippen MR) is 97.0 cm³/mol. The molecule has 0 radical (unpaired) electrons. The van der Waals surface area contributed by atoms with Crippen LogP contribution in [0, 0.1) is 0 Å². The molecule has 4 rings (SSSR count). The normalized spacial score (nSPS) is 13.0. The summed E-state index contributed by atoms with van der Waals surface area (Å²) in [4.78, 5) is 25.1. The van der Waals surface area contributed by atoms with Crippen molar-refractivity contribution in [2.75, 3.05) is 5.32 Å². The molecule has 1 amide bonds. The Balaban J connectivity index is 1.60. The Morgan fingerprint density at radius 1 is 1.08 bits per heavy atom. The fourth-order valence-electron chi connectivity index (χ4n) is 3.50. The van der Waals surface area contributed by atoms with Gasteiger partial charge in [-0.2, -0.15) is 0 Å². The molecule has 126 valence electrons. The lowest BCUT2D eigenvalue weighted by molar-refractivity contribution is -0.254. The Bertz CT molecular complexity index is 985. The molecule has 0 saturated heterocycles. The highest BCUT2D eigenvalue weighted by atomic mass is 32.1. The first-order valence-electron chi connectivity index (χ1n) is 8.26. The summed E-state index contributed by atoms with van der Waals surface area (Å²) >= 11 is 1.37. The van der Waals surface area contributed by atoms with Crippen molar-refractivity contribution in [2.45, 2.75) is 25.7 Å². The van der Waals surface area contributed by atoms with Gasteiger partial charge in [-0.25, -0.2) is 0 Å². The van der Waals surface area contributed by atoms with E-state index in [1.807, 2.05) is 42.5 Å². The summed E-state index contributed by atoms with van der Waals surface area (Å²) in [6.07, 6.45) is 2.79. The molecular weight excluding hydrogens is 334 g/mol. The van der Waals surface area contributed by atoms with Crippen molar-refractivity contribution in [3.63, 3.8) is 0 Å². The van der Waals surface area contributed by atoms with E-state index in [1.54, 1.807) is 0 Å². The third-order valence-corrected chi connectivity index (χ3v) is 5.82. The van der Waals surface area contributed by atoms with Gasteiger partial charge in [-0.05, 0) is 41.2 Å². The third-order valence-electron chi connectivity index (χ3n) is 4.61. The van der Waals surface area contributed by atoms with Gasteiger partial charge in [0, 0.05) is 10.4 Å². The average Bonchev–Trinajstić information content (AvgIpc) is 3.15. The number of carbonyl (C=O) groups excluding carboxylic acids is 2. The Labute approximate surface area is 149 Å². The number of hydrogen-bond acceptors (Lipinski definition) is 4. The predicted octanol–water partition coefficient (Wildman–Crippen LogP) is 2.93. The third kappa shape index (κ3) is 2.91. The van der Waals surface area contributed by atoms with E-state index < -0.39 is 5.97 Å². The number of carbonyl (C=O) groups is 2. The molecule has 4 nitrogen and oxygen atoms in total. The summed E-state index contributed by atoms with van der Waals surface area (Å²) in [5.41, 5.74) is 1.93. The van der Waals surface area contributed by atoms with Crippen molar-refractivity contribution in [2.24, 2.45) is 0 Å². The largest absolute Gasteiger partial charge is 0.545 e. The van der Waals surface area contributed by atoms with E-state index in [0.717, 1.165) is 46.0 Å². The summed E-state index contributed by atoms with van der Waals surface area (Å²) in [6.45, 7) is 0. The van der Waals surface area contributed by atoms with Gasteiger partial charge in [0.25, 0.3) is 0 Å². The van der Waals surface area contributed by atoms with E-state index in [4.69, 9.17) is 0 Å². The second kappa shape index (κ2) is 6.33. The molecule has 25 heavy (non-hydrogen) atoms. The minimum atomic E-state index is -1.21. The number of thiophene rings is 1. The van der Waals surface area contributed by atoms with Crippen LogP contribution in [0.4, 0.5) is 5.00 Å². The number of amides is 1. The van der Waals surface area contributed by atoms with Gasteiger partial charge < -0.3 is 15.2 Å². The van der Waals surface area contributed by atoms with Crippen LogP contribution in [0.25, 0.3) is 10.8 Å². The molecule has 0 aliphatic heterocycles. The lowest BCUT2D eigenvalue weighted by Gasteiger charge is -2.10. The van der Waals surface area contributed by atoms with Crippen LogP contribution in [0.2, 0.25) is 0 Å². The van der Waals surface area contributed by atoms with Gasteiger partial charge in [0.05, 0.1) is 12.4 Å². The Kier molecular flexibility index (Phi) is 4.01. The van der Waals surface area contributed by atoms with Crippen LogP contribution in [0.15, 0.2) is 42.5 Å². The van der Waals surface area contributed by atoms with Crippen LogP contribution in [0.3, 0.4) is 0 Å². The van der Waals surface area contributed by atoms with Crippen LogP contribution in [-0.4, -0.2) is 11.9 Å². The van der Waals surface area contributed by atoms with Crippen molar-refractivity contribution in [3.05, 3.63) is 64.0 Å². The van der Waals surface area contributed by atoms with Crippen LogP contribution >= 0.6 is 11.3 Å². The van der Waals surface area contributed by atoms with E-state index in [2.05, 4.69) is 5.32 Å². The van der Waals surface area contributed by atoms with Gasteiger partial charge in [-0.3, -0.25) is 4.79 Å². The smallest absolute Gasteiger partial charge is 0.229 e. The summed E-state index contributed by atoms with van der Waals surface area (Å²) < 4.78 is 0. The van der Waals surface area contributed by atoms with E-state index >= 15 is 0 Å². The quantitative estimate of drug-likeness (QED) is 0.786. The van der Waals surface area contributed by atoms with Crippen LogP contribution in [-0.2, 0) is 24.1 Å². The van der Waals surface area contributed by atoms with Crippen LogP contribution in [0.1, 0.15) is 32.8 Å². The van der Waals surface area contributed by atoms with Gasteiger partial charge >= 0.3 is 0 Å². The minimum Gasteiger partial charge on any atom is -0.545 e. The number of hydrogen-bond donors (Lipinski definition) is 1. The standard InChI is InChI=1S/C20H17NO3S/c22-17(11-13-7-3-6-12-5-1-2-8-14(12)13)21-19-18(20(23)24)15-9-4-10-16(15)25-19/h1-3,5-8H,4,9-11H2,(H,21,22)(H,23,24)/p-1. The maximum atomic E-state index is 12.5. The molecule has 1 aromatic heterocycles. The SMILES string of the molecule is O=C(Cc1cccc2ccccc12)Nc1sc2c(c1C(=O)[O-])CCC2. The highest BCUT2D eigenvalue weighted by Gasteiger charge is 2.23. The first-order chi connectivity index (χ1) is 12.1. The summed E-state index contributed by atoms with van der Waals surface area (Å²) in [6, 6.07) is 13.8. The molecule has 0 atom stereocenters. The molecule has 0 spiro atoms. The zero-order valence-corrected chi connectivity index (χ0v) is 14.3. The number of aromatic carboxylic acids is 1. The molecule has 0 saturated carbocycles. The van der Waals surface area contributed by atoms with E-state index in [1.165, 1.54) is 11.3 Å². The van der Waals surface area contributed by atoms with Gasteiger partial charge in [0.2, 0.25) is 5.91 Å². The van der Waals surface area contributed by atoms with Crippen molar-refractivity contribution < 1.29 is 14.7 Å². The number of nitrogens with one attached hydrogen (secondary N) is 1. The fourth-order valence-corrected chi connectivity index (χ4v) is 4.79. The molecule has 0 bridgehead atoms. The minimum absolute atomic E-state index is 0.170. The molecular formula is C20H16NO3S-. The van der Waals surface area contributed by atoms with Gasteiger partial charge in [0.1, 0.15) is 5.00 Å². The van der Waals surface area contributed by atoms with Crippen molar-refractivity contribution in [3.8, 4) is 0 Å². The topological polar surface area (TPSA) is 69.2 Å². The summed E-state index contributed by atoms with van der Waals surface area (Å²) in [5, 5.41) is 16.8. The second-order valence-electron chi connectivity index (χ2n) is 6.21. The number of aryl methyl sites for hydroxylation is 1. The van der Waals surface area contributed by atoms with E-state index in [-0.39, 0.29) is 17.9 Å². The number of benzene rings is 2. The van der Waals surface area contributed by atoms with Gasteiger partial charge in [-0.15, -0.1) is 11.3 Å². The van der Waals surface area contributed by atoms with Crippen molar-refractivity contribution >= 4 is 39.0 Å². The number of carboxylic acids is 1. The molecule has 5 heteroatoms. The van der Waals surface area contributed by atoms with Gasteiger partial charge in [0.15, 0.2) is 0 Å². The average molecular weight is 350 g/mol. The van der Waals surface area contributed by atoms with Gasteiger partial charge in [-0.1, -0.05) is 42.5 Å². The number of anilines is 1. The van der Waals surface area contributed by atoms with Crippen LogP contribution in [0.5, 0.6) is 0 Å². The molecule has 2 aromatic carbocycles. The lowest BCUT2D eigenvalue weighted by Crippen LogP contribution is -2.25. The summed E-state index contributed by atoms with van der Waals surface area (Å²) in [7, 11) is 0. The Morgan fingerprint density at radius 3 is 2.72 bits per heavy atom. The monoisotopic (exact) mass is 350 g/mol. The highest BCUT2D eigenvalue weighted by Crippen LogP contribution is 2.38.